The maximum absolute atomic E-state index is 12.6. The van der Waals surface area contributed by atoms with Crippen molar-refractivity contribution in [3.63, 3.8) is 0 Å². The fourth-order valence-corrected chi connectivity index (χ4v) is 3.72. The predicted molar refractivity (Wildman–Crippen MR) is 119 cm³/mol. The Morgan fingerprint density at radius 1 is 1.20 bits per heavy atom. The lowest BCUT2D eigenvalue weighted by Crippen LogP contribution is -2.27. The molecule has 0 aliphatic carbocycles. The summed E-state index contributed by atoms with van der Waals surface area (Å²) in [5, 5.41) is 5.56. The molecule has 0 saturated carbocycles. The van der Waals surface area contributed by atoms with Crippen LogP contribution in [0.4, 0.5) is 10.5 Å². The zero-order chi connectivity index (χ0) is 21.9. The number of carbonyl (C=O) groups is 2. The fourth-order valence-electron chi connectivity index (χ4n) is 2.91. The maximum Gasteiger partial charge on any atom is 0.412 e. The molecule has 0 aliphatic rings. The third-order valence-corrected chi connectivity index (χ3v) is 5.28. The molecule has 0 fully saturated rings. The van der Waals surface area contributed by atoms with E-state index in [9.17, 15) is 9.59 Å². The second-order valence-corrected chi connectivity index (χ2v) is 8.85. The van der Waals surface area contributed by atoms with Crippen LogP contribution in [-0.2, 0) is 18.3 Å². The highest BCUT2D eigenvalue weighted by Gasteiger charge is 2.18. The van der Waals surface area contributed by atoms with Crippen molar-refractivity contribution in [2.24, 2.45) is 7.05 Å². The lowest BCUT2D eigenvalue weighted by atomic mass is 10.1. The average molecular weight is 427 g/mol. The summed E-state index contributed by atoms with van der Waals surface area (Å²) < 4.78 is 6.90. The minimum Gasteiger partial charge on any atom is -0.444 e. The molecule has 0 bridgehead atoms. The summed E-state index contributed by atoms with van der Waals surface area (Å²) in [7, 11) is 1.75. The number of amides is 2. The van der Waals surface area contributed by atoms with Crippen molar-refractivity contribution < 1.29 is 14.3 Å². The van der Waals surface area contributed by atoms with Gasteiger partial charge in [0.25, 0.3) is 5.91 Å². The largest absolute Gasteiger partial charge is 0.444 e. The van der Waals surface area contributed by atoms with Crippen molar-refractivity contribution in [2.45, 2.75) is 39.8 Å². The predicted octanol–water partition coefficient (Wildman–Crippen LogP) is 4.73. The zero-order valence-corrected chi connectivity index (χ0v) is 18.6. The molecule has 2 N–H and O–H groups in total. The first-order valence-electron chi connectivity index (χ1n) is 9.56. The van der Waals surface area contributed by atoms with Gasteiger partial charge in [0, 0.05) is 19.8 Å². The highest BCUT2D eigenvalue weighted by molar-refractivity contribution is 7.13. The van der Waals surface area contributed by atoms with E-state index < -0.39 is 11.7 Å². The Kier molecular flexibility index (Phi) is 6.26. The molecule has 30 heavy (non-hydrogen) atoms. The standard InChI is InChI=1S/C22H26N4O3S/c1-14-19(30-13-24-14)16-8-6-15(7-9-16)11-23-20(27)18-10-17(12-26(18)5)25-21(28)29-22(2,3)4/h6-10,12-13H,11H2,1-5H3,(H,23,27)(H,25,28). The Labute approximate surface area is 180 Å². The molecule has 2 aromatic heterocycles. The van der Waals surface area contributed by atoms with Gasteiger partial charge in [0.15, 0.2) is 0 Å². The Bertz CT molecular complexity index is 1050. The van der Waals surface area contributed by atoms with Gasteiger partial charge in [-0.05, 0) is 44.9 Å². The topological polar surface area (TPSA) is 85.2 Å². The van der Waals surface area contributed by atoms with E-state index in [1.165, 1.54) is 0 Å². The molecule has 0 aliphatic heterocycles. The van der Waals surface area contributed by atoms with Gasteiger partial charge in [0.05, 0.1) is 21.8 Å². The molecule has 1 aromatic carbocycles. The summed E-state index contributed by atoms with van der Waals surface area (Å²) in [6, 6.07) is 9.68. The summed E-state index contributed by atoms with van der Waals surface area (Å²) in [6.07, 6.45) is 1.11. The Morgan fingerprint density at radius 3 is 2.50 bits per heavy atom. The number of hydrogen-bond donors (Lipinski definition) is 2. The van der Waals surface area contributed by atoms with Crippen molar-refractivity contribution in [2.75, 3.05) is 5.32 Å². The number of rotatable bonds is 5. The zero-order valence-electron chi connectivity index (χ0n) is 17.8. The SMILES string of the molecule is Cc1ncsc1-c1ccc(CNC(=O)c2cc(NC(=O)OC(C)(C)C)cn2C)cc1. The van der Waals surface area contributed by atoms with Gasteiger partial charge >= 0.3 is 6.09 Å². The molecule has 2 amide bonds. The Balaban J connectivity index is 1.59. The number of thiazole rings is 1. The first-order valence-corrected chi connectivity index (χ1v) is 10.4. The molecule has 2 heterocycles. The number of hydrogen-bond acceptors (Lipinski definition) is 5. The highest BCUT2D eigenvalue weighted by atomic mass is 32.1. The molecule has 0 saturated heterocycles. The van der Waals surface area contributed by atoms with Crippen LogP contribution in [0.25, 0.3) is 10.4 Å². The maximum atomic E-state index is 12.6. The van der Waals surface area contributed by atoms with E-state index in [-0.39, 0.29) is 5.91 Å². The van der Waals surface area contributed by atoms with Gasteiger partial charge in [-0.3, -0.25) is 10.1 Å². The number of aromatic nitrogens is 2. The number of ether oxygens (including phenoxy) is 1. The van der Waals surface area contributed by atoms with E-state index in [4.69, 9.17) is 4.74 Å². The van der Waals surface area contributed by atoms with Crippen LogP contribution < -0.4 is 10.6 Å². The van der Waals surface area contributed by atoms with Crippen LogP contribution in [0, 0.1) is 6.92 Å². The molecule has 3 rings (SSSR count). The normalized spacial score (nSPS) is 11.2. The van der Waals surface area contributed by atoms with Crippen LogP contribution in [0.15, 0.2) is 42.0 Å². The summed E-state index contributed by atoms with van der Waals surface area (Å²) in [4.78, 5) is 29.9. The van der Waals surface area contributed by atoms with Crippen LogP contribution >= 0.6 is 11.3 Å². The molecular formula is C22H26N4O3S. The van der Waals surface area contributed by atoms with Gasteiger partial charge in [0.1, 0.15) is 11.3 Å². The molecular weight excluding hydrogens is 400 g/mol. The number of carbonyl (C=O) groups excluding carboxylic acids is 2. The molecule has 7 nitrogen and oxygen atoms in total. The van der Waals surface area contributed by atoms with E-state index in [0.717, 1.165) is 21.7 Å². The van der Waals surface area contributed by atoms with E-state index in [1.807, 2.05) is 36.7 Å². The lowest BCUT2D eigenvalue weighted by Gasteiger charge is -2.19. The van der Waals surface area contributed by atoms with Crippen LogP contribution in [0.5, 0.6) is 0 Å². The van der Waals surface area contributed by atoms with Gasteiger partial charge in [-0.2, -0.15) is 0 Å². The molecule has 0 unspecified atom stereocenters. The van der Waals surface area contributed by atoms with Crippen LogP contribution in [0.3, 0.4) is 0 Å². The minimum absolute atomic E-state index is 0.225. The van der Waals surface area contributed by atoms with Crippen molar-refractivity contribution in [3.8, 4) is 10.4 Å². The molecule has 0 spiro atoms. The summed E-state index contributed by atoms with van der Waals surface area (Å²) >= 11 is 1.61. The number of anilines is 1. The van der Waals surface area contributed by atoms with Gasteiger partial charge in [-0.15, -0.1) is 11.3 Å². The summed E-state index contributed by atoms with van der Waals surface area (Å²) in [6.45, 7) is 7.77. The lowest BCUT2D eigenvalue weighted by molar-refractivity contribution is 0.0635. The van der Waals surface area contributed by atoms with Gasteiger partial charge in [-0.25, -0.2) is 9.78 Å². The van der Waals surface area contributed by atoms with Crippen molar-refractivity contribution in [3.05, 3.63) is 59.0 Å². The Hall–Kier alpha value is -3.13. The van der Waals surface area contributed by atoms with Gasteiger partial charge in [-0.1, -0.05) is 24.3 Å². The smallest absolute Gasteiger partial charge is 0.412 e. The van der Waals surface area contributed by atoms with Crippen LogP contribution in [0.2, 0.25) is 0 Å². The quantitative estimate of drug-likeness (QED) is 0.617. The first kappa shape index (κ1) is 21.6. The third-order valence-electron chi connectivity index (χ3n) is 4.30. The van der Waals surface area contributed by atoms with Crippen molar-refractivity contribution in [1.82, 2.24) is 14.9 Å². The Morgan fingerprint density at radius 2 is 1.90 bits per heavy atom. The second kappa shape index (κ2) is 8.71. The van der Waals surface area contributed by atoms with Crippen molar-refractivity contribution in [1.29, 1.82) is 0 Å². The van der Waals surface area contributed by atoms with Crippen LogP contribution in [0.1, 0.15) is 42.5 Å². The summed E-state index contributed by atoms with van der Waals surface area (Å²) in [5.41, 5.74) is 5.32. The molecule has 0 atom stereocenters. The van der Waals surface area contributed by atoms with E-state index in [0.29, 0.717) is 17.9 Å². The third kappa shape index (κ3) is 5.48. The second-order valence-electron chi connectivity index (χ2n) is 8.00. The molecule has 0 radical (unpaired) electrons. The van der Waals surface area contributed by atoms with E-state index >= 15 is 0 Å². The molecule has 3 aromatic rings. The monoisotopic (exact) mass is 426 g/mol. The first-order chi connectivity index (χ1) is 14.1. The van der Waals surface area contributed by atoms with Crippen LogP contribution in [-0.4, -0.2) is 27.2 Å². The number of nitrogens with one attached hydrogen (secondary N) is 2. The number of nitrogens with zero attached hydrogens (tertiary/aromatic N) is 2. The van der Waals surface area contributed by atoms with Gasteiger partial charge in [0.2, 0.25) is 0 Å². The van der Waals surface area contributed by atoms with Gasteiger partial charge < -0.3 is 14.6 Å². The molecule has 158 valence electrons. The average Bonchev–Trinajstić information content (AvgIpc) is 3.24. The number of aryl methyl sites for hydroxylation is 2. The van der Waals surface area contributed by atoms with E-state index in [2.05, 4.69) is 15.6 Å². The number of benzene rings is 1. The minimum atomic E-state index is -0.590. The molecule has 8 heteroatoms. The highest BCUT2D eigenvalue weighted by Crippen LogP contribution is 2.27. The van der Waals surface area contributed by atoms with Crippen molar-refractivity contribution >= 4 is 29.0 Å². The van der Waals surface area contributed by atoms with E-state index in [1.54, 1.807) is 56.0 Å². The summed E-state index contributed by atoms with van der Waals surface area (Å²) in [5.74, 6) is -0.225. The fraction of sp³-hybridized carbons (Fsp3) is 0.318.